The number of benzene rings is 1. The van der Waals surface area contributed by atoms with E-state index in [0.29, 0.717) is 12.4 Å². The van der Waals surface area contributed by atoms with E-state index in [1.807, 2.05) is 24.3 Å². The molecule has 8 heteroatoms. The number of nitrogens with one attached hydrogen (secondary N) is 2. The Hall–Kier alpha value is -2.87. The molecule has 1 aromatic carbocycles. The Morgan fingerprint density at radius 1 is 1.29 bits per heavy atom. The molecule has 0 aliphatic carbocycles. The van der Waals surface area contributed by atoms with Crippen molar-refractivity contribution in [2.24, 2.45) is 4.99 Å². The van der Waals surface area contributed by atoms with E-state index in [0.717, 1.165) is 42.6 Å². The van der Waals surface area contributed by atoms with E-state index in [2.05, 4.69) is 56.9 Å². The van der Waals surface area contributed by atoms with Crippen LogP contribution in [0.15, 0.2) is 46.8 Å². The molecule has 0 radical (unpaired) electrons. The normalized spacial score (nSPS) is 11.5. The average molecular weight is 399 g/mol. The predicted molar refractivity (Wildman–Crippen MR) is 114 cm³/mol. The Kier molecular flexibility index (Phi) is 7.02. The largest absolute Gasteiger partial charge is 0.497 e. The van der Waals surface area contributed by atoms with Crippen molar-refractivity contribution >= 4 is 17.3 Å². The van der Waals surface area contributed by atoms with E-state index >= 15 is 0 Å². The van der Waals surface area contributed by atoms with Gasteiger partial charge in [0.05, 0.1) is 7.11 Å². The number of aromatic nitrogens is 3. The second-order valence-electron chi connectivity index (χ2n) is 6.26. The van der Waals surface area contributed by atoms with Gasteiger partial charge in [0, 0.05) is 30.6 Å². The zero-order chi connectivity index (χ0) is 19.8. The summed E-state index contributed by atoms with van der Waals surface area (Å²) in [4.78, 5) is 12.8. The van der Waals surface area contributed by atoms with Crippen LogP contribution < -0.4 is 10.1 Å². The lowest BCUT2D eigenvalue weighted by atomic mass is 10.2. The minimum absolute atomic E-state index is 0.439. The summed E-state index contributed by atoms with van der Waals surface area (Å²) in [5, 5.41) is 12.7. The summed E-state index contributed by atoms with van der Waals surface area (Å²) < 4.78 is 5.19. The number of ether oxygens (including phenoxy) is 1. The summed E-state index contributed by atoms with van der Waals surface area (Å²) in [5.74, 6) is 3.06. The molecule has 0 unspecified atom stereocenters. The summed E-state index contributed by atoms with van der Waals surface area (Å²) in [6.45, 7) is 4.23. The molecule has 0 fully saturated rings. The molecule has 2 aromatic heterocycles. The van der Waals surface area contributed by atoms with Crippen molar-refractivity contribution in [3.8, 4) is 17.1 Å². The van der Waals surface area contributed by atoms with E-state index < -0.39 is 0 Å². The summed E-state index contributed by atoms with van der Waals surface area (Å²) in [6.07, 6.45) is 1.00. The van der Waals surface area contributed by atoms with Gasteiger partial charge in [0.25, 0.3) is 0 Å². The fraction of sp³-hybridized carbons (Fsp3) is 0.350. The molecule has 0 saturated carbocycles. The van der Waals surface area contributed by atoms with Crippen LogP contribution >= 0.6 is 11.3 Å². The molecule has 148 valence electrons. The van der Waals surface area contributed by atoms with Gasteiger partial charge in [-0.2, -0.15) is 5.10 Å². The van der Waals surface area contributed by atoms with Crippen LogP contribution in [0.5, 0.6) is 5.75 Å². The van der Waals surface area contributed by atoms with Crippen molar-refractivity contribution in [3.05, 3.63) is 52.5 Å². The Bertz CT molecular complexity index is 873. The van der Waals surface area contributed by atoms with Crippen molar-refractivity contribution in [3.63, 3.8) is 0 Å². The number of methoxy groups -OCH3 is 1. The lowest BCUT2D eigenvalue weighted by Gasteiger charge is -2.21. The van der Waals surface area contributed by atoms with Crippen molar-refractivity contribution in [1.82, 2.24) is 25.4 Å². The van der Waals surface area contributed by atoms with Crippen molar-refractivity contribution in [2.75, 3.05) is 27.2 Å². The predicted octanol–water partition coefficient (Wildman–Crippen LogP) is 3.18. The van der Waals surface area contributed by atoms with Crippen LogP contribution in [0.3, 0.4) is 0 Å². The fourth-order valence-corrected chi connectivity index (χ4v) is 3.39. The quantitative estimate of drug-likeness (QED) is 0.450. The molecule has 0 amide bonds. The fourth-order valence-electron chi connectivity index (χ4n) is 2.69. The lowest BCUT2D eigenvalue weighted by Crippen LogP contribution is -2.39. The molecule has 7 nitrogen and oxygen atoms in total. The smallest absolute Gasteiger partial charge is 0.194 e. The van der Waals surface area contributed by atoms with Gasteiger partial charge in [0.1, 0.15) is 18.1 Å². The second kappa shape index (κ2) is 9.89. The summed E-state index contributed by atoms with van der Waals surface area (Å²) >= 11 is 1.79. The van der Waals surface area contributed by atoms with Gasteiger partial charge >= 0.3 is 0 Å². The number of hydrogen-bond donors (Lipinski definition) is 2. The van der Waals surface area contributed by atoms with E-state index in [4.69, 9.17) is 9.73 Å². The van der Waals surface area contributed by atoms with Crippen LogP contribution in [-0.4, -0.2) is 53.3 Å². The molecule has 3 rings (SSSR count). The third-order valence-corrected chi connectivity index (χ3v) is 5.16. The van der Waals surface area contributed by atoms with Gasteiger partial charge in [-0.1, -0.05) is 6.07 Å². The van der Waals surface area contributed by atoms with E-state index in [-0.39, 0.29) is 0 Å². The number of hydrogen-bond acceptors (Lipinski definition) is 5. The zero-order valence-electron chi connectivity index (χ0n) is 16.5. The molecule has 28 heavy (non-hydrogen) atoms. The first-order valence-electron chi connectivity index (χ1n) is 9.27. The molecule has 0 aliphatic rings. The molecule has 0 saturated heterocycles. The molecular weight excluding hydrogens is 372 g/mol. The Balaban J connectivity index is 1.62. The topological polar surface area (TPSA) is 78.4 Å². The highest BCUT2D eigenvalue weighted by atomic mass is 32.1. The van der Waals surface area contributed by atoms with Gasteiger partial charge in [-0.05, 0) is 49.1 Å². The first-order chi connectivity index (χ1) is 13.7. The standard InChI is InChI=1S/C20H26N6OS/c1-4-21-20(26(2)12-11-17-6-5-13-28-17)22-14-18-23-19(25-24-18)15-7-9-16(27-3)10-8-15/h5-10,13H,4,11-12,14H2,1-3H3,(H,21,22)(H,23,24,25). The van der Waals surface area contributed by atoms with Gasteiger partial charge in [0.2, 0.25) is 0 Å². The Labute approximate surface area is 169 Å². The highest BCUT2D eigenvalue weighted by molar-refractivity contribution is 7.09. The second-order valence-corrected chi connectivity index (χ2v) is 7.29. The minimum Gasteiger partial charge on any atom is -0.497 e. The van der Waals surface area contributed by atoms with Gasteiger partial charge < -0.3 is 15.0 Å². The van der Waals surface area contributed by atoms with Crippen LogP contribution in [-0.2, 0) is 13.0 Å². The Morgan fingerprint density at radius 2 is 2.11 bits per heavy atom. The number of aliphatic imine (C=N–C) groups is 1. The number of guanidine groups is 1. The SMILES string of the molecule is CCNC(=NCc1nc(-c2ccc(OC)cc2)n[nH]1)N(C)CCc1cccs1. The monoisotopic (exact) mass is 398 g/mol. The first-order valence-corrected chi connectivity index (χ1v) is 10.1. The zero-order valence-corrected chi connectivity index (χ0v) is 17.3. The molecular formula is C20H26N6OS. The van der Waals surface area contributed by atoms with Crippen LogP contribution in [0, 0.1) is 0 Å². The number of rotatable bonds is 8. The number of nitrogens with zero attached hydrogens (tertiary/aromatic N) is 4. The molecule has 3 aromatic rings. The Morgan fingerprint density at radius 3 is 2.79 bits per heavy atom. The molecule has 0 aliphatic heterocycles. The molecule has 0 spiro atoms. The maximum absolute atomic E-state index is 5.19. The van der Waals surface area contributed by atoms with Crippen molar-refractivity contribution in [2.45, 2.75) is 19.9 Å². The lowest BCUT2D eigenvalue weighted by molar-refractivity contribution is 0.415. The van der Waals surface area contributed by atoms with E-state index in [1.165, 1.54) is 4.88 Å². The highest BCUT2D eigenvalue weighted by Crippen LogP contribution is 2.19. The van der Waals surface area contributed by atoms with Crippen LogP contribution in [0.1, 0.15) is 17.6 Å². The van der Waals surface area contributed by atoms with Crippen LogP contribution in [0.25, 0.3) is 11.4 Å². The average Bonchev–Trinajstić information content (AvgIpc) is 3.41. The maximum Gasteiger partial charge on any atom is 0.194 e. The first kappa shape index (κ1) is 19.9. The number of H-pyrrole nitrogens is 1. The molecule has 2 heterocycles. The third-order valence-electron chi connectivity index (χ3n) is 4.23. The number of thiophene rings is 1. The highest BCUT2D eigenvalue weighted by Gasteiger charge is 2.09. The van der Waals surface area contributed by atoms with Crippen molar-refractivity contribution in [1.29, 1.82) is 0 Å². The summed E-state index contributed by atoms with van der Waals surface area (Å²) in [7, 11) is 3.70. The van der Waals surface area contributed by atoms with E-state index in [9.17, 15) is 0 Å². The van der Waals surface area contributed by atoms with Gasteiger partial charge in [0.15, 0.2) is 11.8 Å². The summed E-state index contributed by atoms with van der Waals surface area (Å²) in [5.41, 5.74) is 0.937. The minimum atomic E-state index is 0.439. The maximum atomic E-state index is 5.19. The molecule has 2 N–H and O–H groups in total. The van der Waals surface area contributed by atoms with Gasteiger partial charge in [-0.15, -0.1) is 11.3 Å². The summed E-state index contributed by atoms with van der Waals surface area (Å²) in [6, 6.07) is 11.9. The van der Waals surface area contributed by atoms with Gasteiger partial charge in [-0.3, -0.25) is 5.10 Å². The van der Waals surface area contributed by atoms with Crippen LogP contribution in [0.2, 0.25) is 0 Å². The molecule has 0 bridgehead atoms. The molecule has 0 atom stereocenters. The van der Waals surface area contributed by atoms with Gasteiger partial charge in [-0.25, -0.2) is 9.98 Å². The van der Waals surface area contributed by atoms with E-state index in [1.54, 1.807) is 18.4 Å². The number of likely N-dealkylation sites (N-methyl/N-ethyl adjacent to an activating group) is 1. The van der Waals surface area contributed by atoms with Crippen LogP contribution in [0.4, 0.5) is 0 Å². The number of aromatic amines is 1. The third kappa shape index (κ3) is 5.32. The van der Waals surface area contributed by atoms with Crippen molar-refractivity contribution < 1.29 is 4.74 Å².